The summed E-state index contributed by atoms with van der Waals surface area (Å²) in [6.45, 7) is 14.4. The van der Waals surface area contributed by atoms with E-state index in [4.69, 9.17) is 0 Å². The van der Waals surface area contributed by atoms with Gasteiger partial charge in [-0.2, -0.15) is 0 Å². The highest BCUT2D eigenvalue weighted by Gasteiger charge is 2.39. The van der Waals surface area contributed by atoms with Gasteiger partial charge >= 0.3 is 0 Å². The molecule has 2 heterocycles. The average molecular weight is 1060 g/mol. The molecule has 2 aromatic heterocycles. The average Bonchev–Trinajstić information content (AvgIpc) is 3.90. The summed E-state index contributed by atoms with van der Waals surface area (Å²) in [5.74, 6) is 0. The molecule has 2 nitrogen and oxygen atoms in total. The van der Waals surface area contributed by atoms with Crippen molar-refractivity contribution in [2.45, 2.75) is 57.8 Å². The number of hydrogen-bond donors (Lipinski definition) is 0. The van der Waals surface area contributed by atoms with Crippen molar-refractivity contribution >= 4 is 43.6 Å². The third-order valence-corrected chi connectivity index (χ3v) is 19.8. The molecule has 17 rings (SSSR count). The molecule has 0 atom stereocenters. The monoisotopic (exact) mass is 1060 g/mol. The van der Waals surface area contributed by atoms with Crippen LogP contribution in [0.1, 0.15) is 74.9 Å². The van der Waals surface area contributed by atoms with Crippen LogP contribution in [0.4, 0.5) is 0 Å². The van der Waals surface area contributed by atoms with Crippen LogP contribution in [0.2, 0.25) is 0 Å². The van der Waals surface area contributed by atoms with Gasteiger partial charge in [0.05, 0.1) is 22.1 Å². The highest BCUT2D eigenvalue weighted by molar-refractivity contribution is 6.12. The Morgan fingerprint density at radius 1 is 0.205 bits per heavy atom. The third-order valence-electron chi connectivity index (χ3n) is 19.8. The summed E-state index contributed by atoms with van der Waals surface area (Å²) >= 11 is 0. The lowest BCUT2D eigenvalue weighted by atomic mass is 9.79. The maximum atomic E-state index is 2.48. The van der Waals surface area contributed by atoms with Gasteiger partial charge in [0.25, 0.3) is 0 Å². The first kappa shape index (κ1) is 48.0. The van der Waals surface area contributed by atoms with Crippen LogP contribution in [-0.2, 0) is 16.2 Å². The fourth-order valence-corrected chi connectivity index (χ4v) is 15.3. The van der Waals surface area contributed by atoms with E-state index in [0.29, 0.717) is 0 Å². The van der Waals surface area contributed by atoms with Crippen molar-refractivity contribution in [3.8, 4) is 89.3 Å². The summed E-state index contributed by atoms with van der Waals surface area (Å²) in [5.41, 5.74) is 33.1. The number of benzene rings is 12. The zero-order valence-electron chi connectivity index (χ0n) is 47.6. The van der Waals surface area contributed by atoms with Crippen LogP contribution in [0.25, 0.3) is 133 Å². The van der Waals surface area contributed by atoms with E-state index < -0.39 is 0 Å². The standard InChI is InChI=1S/C81H60N2/c1-79(2)69-21-13-10-18-59(69)64-39-34-58(48-74(64)79)83-76-23-15-12-20-66(76)68-43-52(33-41-78(68)83)54-29-36-61-63-38-31-56(47-73(63)81(5,6)71(61)45-54)55-30-37-62-60-35-28-53(44-70(60)80(3,4)72(62)46-55)50-26-24-49(25-27-50)51-32-40-77-67(42-51)65-19-11-14-22-75(65)82(77)57-16-8-7-9-17-57/h7-48H,1-6H3. The van der Waals surface area contributed by atoms with Gasteiger partial charge in [-0.15, -0.1) is 0 Å². The van der Waals surface area contributed by atoms with Crippen molar-refractivity contribution in [2.75, 3.05) is 0 Å². The summed E-state index contributed by atoms with van der Waals surface area (Å²) in [7, 11) is 0. The van der Waals surface area contributed by atoms with Crippen molar-refractivity contribution in [1.29, 1.82) is 0 Å². The van der Waals surface area contributed by atoms with Crippen molar-refractivity contribution in [2.24, 2.45) is 0 Å². The molecule has 0 saturated heterocycles. The van der Waals surface area contributed by atoms with Crippen molar-refractivity contribution in [3.05, 3.63) is 288 Å². The molecule has 0 saturated carbocycles. The van der Waals surface area contributed by atoms with Crippen LogP contribution in [0.15, 0.2) is 255 Å². The maximum Gasteiger partial charge on any atom is 0.0541 e. The van der Waals surface area contributed by atoms with Crippen LogP contribution >= 0.6 is 0 Å². The molecule has 14 aromatic rings. The second-order valence-electron chi connectivity index (χ2n) is 25.3. The largest absolute Gasteiger partial charge is 0.309 e. The fourth-order valence-electron chi connectivity index (χ4n) is 15.3. The Hall–Kier alpha value is -9.76. The Bertz CT molecular complexity index is 5090. The van der Waals surface area contributed by atoms with E-state index in [0.717, 1.165) is 0 Å². The lowest BCUT2D eigenvalue weighted by Crippen LogP contribution is -2.15. The smallest absolute Gasteiger partial charge is 0.0541 e. The minimum Gasteiger partial charge on any atom is -0.309 e. The Kier molecular flexibility index (Phi) is 9.91. The Morgan fingerprint density at radius 3 is 1.01 bits per heavy atom. The van der Waals surface area contributed by atoms with Gasteiger partial charge in [-0.1, -0.05) is 211 Å². The van der Waals surface area contributed by atoms with Crippen LogP contribution in [0, 0.1) is 0 Å². The molecule has 0 radical (unpaired) electrons. The molecule has 0 bridgehead atoms. The van der Waals surface area contributed by atoms with Gasteiger partial charge in [-0.3, -0.25) is 0 Å². The maximum absolute atomic E-state index is 2.48. The van der Waals surface area contributed by atoms with E-state index in [1.165, 1.54) is 166 Å². The molecule has 0 unspecified atom stereocenters. The minimum absolute atomic E-state index is 0.0703. The number of hydrogen-bond acceptors (Lipinski definition) is 0. The number of aromatic nitrogens is 2. The molecule has 3 aliphatic rings. The van der Waals surface area contributed by atoms with Crippen LogP contribution < -0.4 is 0 Å². The zero-order chi connectivity index (χ0) is 55.7. The lowest BCUT2D eigenvalue weighted by Gasteiger charge is -2.24. The minimum atomic E-state index is -0.184. The number of fused-ring (bicyclic) bond motifs is 15. The van der Waals surface area contributed by atoms with Gasteiger partial charge in [0, 0.05) is 49.2 Å². The van der Waals surface area contributed by atoms with Crippen molar-refractivity contribution < 1.29 is 0 Å². The molecular formula is C81H60N2. The molecule has 0 aliphatic heterocycles. The molecule has 0 fully saturated rings. The van der Waals surface area contributed by atoms with Gasteiger partial charge in [-0.05, 0) is 196 Å². The fraction of sp³-hybridized carbons (Fsp3) is 0.111. The van der Waals surface area contributed by atoms with Gasteiger partial charge in [0.15, 0.2) is 0 Å². The summed E-state index contributed by atoms with van der Waals surface area (Å²) in [6.07, 6.45) is 0. The molecule has 2 heteroatoms. The quantitative estimate of drug-likeness (QED) is 0.157. The molecule has 83 heavy (non-hydrogen) atoms. The second kappa shape index (κ2) is 17.1. The predicted octanol–water partition coefficient (Wildman–Crippen LogP) is 21.5. The Labute approximate surface area is 485 Å². The van der Waals surface area contributed by atoms with Gasteiger partial charge in [0.1, 0.15) is 0 Å². The molecule has 0 N–H and O–H groups in total. The summed E-state index contributed by atoms with van der Waals surface area (Å²) in [6, 6.07) is 96.3. The highest BCUT2D eigenvalue weighted by atomic mass is 15.0. The van der Waals surface area contributed by atoms with E-state index in [9.17, 15) is 0 Å². The number of nitrogens with zero attached hydrogens (tertiary/aromatic N) is 2. The summed E-state index contributed by atoms with van der Waals surface area (Å²) < 4.78 is 4.85. The van der Waals surface area contributed by atoms with Crippen LogP contribution in [0.3, 0.4) is 0 Å². The molecule has 12 aromatic carbocycles. The zero-order valence-corrected chi connectivity index (χ0v) is 47.6. The SMILES string of the molecule is CC1(C)c2cc(-c3ccc(-c4ccc5c(c4)c4ccccc4n5-c4ccccc4)cc3)ccc2-c2ccc(-c3ccc4c(c3)C(C)(C)c3cc(-c5ccc6c(c5)c5ccccc5n6-c5ccc6c(c5)C(C)(C)c5ccccc5-6)ccc3-4)cc21. The van der Waals surface area contributed by atoms with Crippen molar-refractivity contribution in [1.82, 2.24) is 9.13 Å². The van der Waals surface area contributed by atoms with Crippen molar-refractivity contribution in [3.63, 3.8) is 0 Å². The van der Waals surface area contributed by atoms with E-state index in [-0.39, 0.29) is 16.2 Å². The van der Waals surface area contributed by atoms with E-state index in [1.807, 2.05) is 0 Å². The second-order valence-corrected chi connectivity index (χ2v) is 25.3. The lowest BCUT2D eigenvalue weighted by molar-refractivity contribution is 0.660. The van der Waals surface area contributed by atoms with E-state index in [2.05, 4.69) is 305 Å². The first-order chi connectivity index (χ1) is 40.4. The Balaban J connectivity index is 0.652. The van der Waals surface area contributed by atoms with Gasteiger partial charge in [-0.25, -0.2) is 0 Å². The normalized spacial score (nSPS) is 14.7. The summed E-state index contributed by atoms with van der Waals surface area (Å²) in [4.78, 5) is 0. The number of rotatable bonds is 6. The summed E-state index contributed by atoms with van der Waals surface area (Å²) in [5, 5.41) is 5.08. The van der Waals surface area contributed by atoms with Crippen LogP contribution in [0.5, 0.6) is 0 Å². The third kappa shape index (κ3) is 6.84. The predicted molar refractivity (Wildman–Crippen MR) is 350 cm³/mol. The molecule has 0 spiro atoms. The molecule has 3 aliphatic carbocycles. The van der Waals surface area contributed by atoms with E-state index in [1.54, 1.807) is 0 Å². The highest BCUT2D eigenvalue weighted by Crippen LogP contribution is 2.54. The first-order valence-corrected chi connectivity index (χ1v) is 29.5. The van der Waals surface area contributed by atoms with E-state index >= 15 is 0 Å². The molecular weight excluding hydrogens is 1000 g/mol. The number of para-hydroxylation sites is 3. The topological polar surface area (TPSA) is 9.86 Å². The first-order valence-electron chi connectivity index (χ1n) is 29.5. The van der Waals surface area contributed by atoms with Crippen LogP contribution in [-0.4, -0.2) is 9.13 Å². The van der Waals surface area contributed by atoms with Gasteiger partial charge < -0.3 is 9.13 Å². The molecule has 0 amide bonds. The molecule has 394 valence electrons. The Morgan fingerprint density at radius 2 is 0.518 bits per heavy atom. The van der Waals surface area contributed by atoms with Gasteiger partial charge in [0.2, 0.25) is 0 Å².